The Morgan fingerprint density at radius 3 is 2.54 bits per heavy atom. The minimum atomic E-state index is -0.0134. The van der Waals surface area contributed by atoms with Gasteiger partial charge in [0.15, 0.2) is 0 Å². The molecule has 0 atom stereocenters. The zero-order valence-electron chi connectivity index (χ0n) is 21.7. The second kappa shape index (κ2) is 13.6. The Labute approximate surface area is 229 Å². The molecule has 0 radical (unpaired) electrons. The summed E-state index contributed by atoms with van der Waals surface area (Å²) in [5, 5.41) is 4.92. The van der Waals surface area contributed by atoms with Gasteiger partial charge in [-0.15, -0.1) is 0 Å². The summed E-state index contributed by atoms with van der Waals surface area (Å²) in [6.07, 6.45) is 11.7. The van der Waals surface area contributed by atoms with Crippen molar-refractivity contribution in [1.29, 1.82) is 0 Å². The highest BCUT2D eigenvalue weighted by atomic mass is 32.2. The number of carbonyl (C=O) groups is 1. The van der Waals surface area contributed by atoms with E-state index in [4.69, 9.17) is 22.1 Å². The number of rotatable bonds is 13. The van der Waals surface area contributed by atoms with Crippen molar-refractivity contribution in [2.24, 2.45) is 0 Å². The van der Waals surface area contributed by atoms with E-state index in [0.29, 0.717) is 22.4 Å². The Hall–Kier alpha value is -2.90. The van der Waals surface area contributed by atoms with Gasteiger partial charge in [0.1, 0.15) is 15.8 Å². The molecule has 0 unspecified atom stereocenters. The monoisotopic (exact) mass is 533 g/mol. The first-order chi connectivity index (χ1) is 18.1. The van der Waals surface area contributed by atoms with Crippen molar-refractivity contribution < 1.29 is 9.53 Å². The van der Waals surface area contributed by atoms with E-state index in [0.717, 1.165) is 53.9 Å². The molecule has 0 spiro atoms. The smallest absolute Gasteiger partial charge is 0.266 e. The number of thioether (sulfide) groups is 1. The lowest BCUT2D eigenvalue weighted by Crippen LogP contribution is -2.29. The molecule has 3 aromatic rings. The van der Waals surface area contributed by atoms with Gasteiger partial charge in [0.25, 0.3) is 5.91 Å². The predicted octanol–water partition coefficient (Wildman–Crippen LogP) is 7.89. The highest BCUT2D eigenvalue weighted by Gasteiger charge is 2.32. The van der Waals surface area contributed by atoms with Crippen LogP contribution in [0.2, 0.25) is 0 Å². The van der Waals surface area contributed by atoms with E-state index in [1.165, 1.54) is 31.0 Å². The average Bonchev–Trinajstić information content (AvgIpc) is 3.45. The van der Waals surface area contributed by atoms with Gasteiger partial charge in [0.2, 0.25) is 0 Å². The van der Waals surface area contributed by atoms with Crippen LogP contribution in [0.15, 0.2) is 65.7 Å². The molecule has 2 heterocycles. The molecule has 194 valence electrons. The van der Waals surface area contributed by atoms with Crippen molar-refractivity contribution >= 4 is 40.3 Å². The molecule has 0 bridgehead atoms. The number of amides is 1. The second-order valence-electron chi connectivity index (χ2n) is 9.19. The summed E-state index contributed by atoms with van der Waals surface area (Å²) in [6, 6.07) is 18.0. The third-order valence-electron chi connectivity index (χ3n) is 6.28. The zero-order valence-corrected chi connectivity index (χ0v) is 23.3. The van der Waals surface area contributed by atoms with E-state index in [-0.39, 0.29) is 5.91 Å². The van der Waals surface area contributed by atoms with E-state index >= 15 is 0 Å². The number of benzene rings is 2. The van der Waals surface area contributed by atoms with Crippen molar-refractivity contribution in [2.75, 3.05) is 13.2 Å². The predicted molar refractivity (Wildman–Crippen MR) is 158 cm³/mol. The highest BCUT2D eigenvalue weighted by molar-refractivity contribution is 8.26. The van der Waals surface area contributed by atoms with Gasteiger partial charge >= 0.3 is 0 Å². The van der Waals surface area contributed by atoms with Gasteiger partial charge in [-0.25, -0.2) is 4.68 Å². The van der Waals surface area contributed by atoms with Crippen LogP contribution in [-0.2, 0) is 4.79 Å². The van der Waals surface area contributed by atoms with Crippen LogP contribution in [0.25, 0.3) is 23.0 Å². The van der Waals surface area contributed by atoms with Crippen molar-refractivity contribution in [3.8, 4) is 22.7 Å². The fraction of sp³-hybridized carbons (Fsp3) is 0.367. The van der Waals surface area contributed by atoms with Gasteiger partial charge in [0, 0.05) is 23.9 Å². The number of carbonyl (C=O) groups excluding carboxylic acids is 1. The fourth-order valence-corrected chi connectivity index (χ4v) is 5.50. The van der Waals surface area contributed by atoms with Crippen LogP contribution in [0, 0.1) is 0 Å². The van der Waals surface area contributed by atoms with Crippen LogP contribution in [0.3, 0.4) is 0 Å². The molecule has 2 aromatic carbocycles. The summed E-state index contributed by atoms with van der Waals surface area (Å²) < 4.78 is 8.44. The zero-order chi connectivity index (χ0) is 26.0. The molecular weight excluding hydrogens is 498 g/mol. The number of thiocarbonyl (C=S) groups is 1. The molecule has 0 N–H and O–H groups in total. The van der Waals surface area contributed by atoms with Crippen LogP contribution in [0.4, 0.5) is 0 Å². The molecule has 1 fully saturated rings. The maximum Gasteiger partial charge on any atom is 0.266 e. The summed E-state index contributed by atoms with van der Waals surface area (Å²) in [7, 11) is 0. The van der Waals surface area contributed by atoms with E-state index < -0.39 is 0 Å². The topological polar surface area (TPSA) is 47.4 Å². The van der Waals surface area contributed by atoms with E-state index in [1.54, 1.807) is 4.90 Å². The average molecular weight is 534 g/mol. The number of unbranched alkanes of at least 4 members (excludes halogenated alkanes) is 5. The Balaban J connectivity index is 1.62. The summed E-state index contributed by atoms with van der Waals surface area (Å²) in [5.74, 6) is 0.807. The van der Waals surface area contributed by atoms with Crippen LogP contribution in [0.1, 0.15) is 64.4 Å². The number of aromatic nitrogens is 2. The van der Waals surface area contributed by atoms with Gasteiger partial charge in [-0.05, 0) is 43.2 Å². The molecule has 1 aliphatic heterocycles. The third-order valence-corrected chi connectivity index (χ3v) is 7.66. The van der Waals surface area contributed by atoms with E-state index in [1.807, 2.05) is 71.6 Å². The van der Waals surface area contributed by atoms with Gasteiger partial charge in [-0.3, -0.25) is 9.69 Å². The molecule has 7 heteroatoms. The molecule has 37 heavy (non-hydrogen) atoms. The molecule has 1 amide bonds. The van der Waals surface area contributed by atoms with Crippen molar-refractivity contribution in [3.63, 3.8) is 0 Å². The molecular formula is C30H35N3O2S2. The molecule has 0 saturated carbocycles. The summed E-state index contributed by atoms with van der Waals surface area (Å²) in [5.41, 5.74) is 3.58. The lowest BCUT2D eigenvalue weighted by molar-refractivity contribution is -0.122. The fourth-order valence-electron chi connectivity index (χ4n) is 4.21. The Bertz CT molecular complexity index is 1240. The third kappa shape index (κ3) is 7.11. The largest absolute Gasteiger partial charge is 0.494 e. The summed E-state index contributed by atoms with van der Waals surface area (Å²) in [6.45, 7) is 5.72. The van der Waals surface area contributed by atoms with E-state index in [9.17, 15) is 4.79 Å². The maximum atomic E-state index is 13.3. The van der Waals surface area contributed by atoms with Gasteiger partial charge in [0.05, 0.1) is 17.2 Å². The Morgan fingerprint density at radius 2 is 1.76 bits per heavy atom. The molecule has 1 aromatic heterocycles. The van der Waals surface area contributed by atoms with Crippen LogP contribution >= 0.6 is 24.0 Å². The summed E-state index contributed by atoms with van der Waals surface area (Å²) >= 11 is 6.95. The van der Waals surface area contributed by atoms with Crippen molar-refractivity contribution in [1.82, 2.24) is 14.7 Å². The normalized spacial score (nSPS) is 14.6. The number of nitrogens with zero attached hydrogens (tertiary/aromatic N) is 3. The number of hydrogen-bond donors (Lipinski definition) is 0. The molecule has 0 aliphatic carbocycles. The van der Waals surface area contributed by atoms with Crippen LogP contribution in [-0.4, -0.2) is 38.1 Å². The SMILES string of the molecule is CCCCCCCN1C(=O)/C(=C/c2cn(-c3ccccc3)nc2-c2cccc(OCCCC)c2)SC1=S. The van der Waals surface area contributed by atoms with Crippen LogP contribution in [0.5, 0.6) is 5.75 Å². The maximum absolute atomic E-state index is 13.3. The molecule has 1 saturated heterocycles. The molecule has 4 rings (SSSR count). The Morgan fingerprint density at radius 1 is 0.973 bits per heavy atom. The lowest BCUT2D eigenvalue weighted by Gasteiger charge is -2.13. The highest BCUT2D eigenvalue weighted by Crippen LogP contribution is 2.35. The van der Waals surface area contributed by atoms with Crippen molar-refractivity contribution in [2.45, 2.75) is 58.8 Å². The molecule has 5 nitrogen and oxygen atoms in total. The first kappa shape index (κ1) is 27.1. The van der Waals surface area contributed by atoms with Gasteiger partial charge < -0.3 is 4.74 Å². The summed E-state index contributed by atoms with van der Waals surface area (Å²) in [4.78, 5) is 15.7. The Kier molecular flexibility index (Phi) is 9.97. The second-order valence-corrected chi connectivity index (χ2v) is 10.9. The van der Waals surface area contributed by atoms with Gasteiger partial charge in [-0.2, -0.15) is 5.10 Å². The minimum Gasteiger partial charge on any atom is -0.494 e. The molecule has 1 aliphatic rings. The van der Waals surface area contributed by atoms with Crippen molar-refractivity contribution in [3.05, 3.63) is 71.3 Å². The quantitative estimate of drug-likeness (QED) is 0.127. The van der Waals surface area contributed by atoms with Crippen LogP contribution < -0.4 is 4.74 Å². The number of hydrogen-bond acceptors (Lipinski definition) is 5. The standard InChI is InChI=1S/C30H35N3O2S2/c1-3-5-7-8-12-18-32-29(34)27(37-30(32)36)21-24-22-33(25-15-10-9-11-16-25)31-28(24)23-14-13-17-26(20-23)35-19-6-4-2/h9-11,13-17,20-22H,3-8,12,18-19H2,1-2H3/b27-21-. The number of ether oxygens (including phenoxy) is 1. The lowest BCUT2D eigenvalue weighted by atomic mass is 10.1. The first-order valence-electron chi connectivity index (χ1n) is 13.2. The number of para-hydroxylation sites is 1. The van der Waals surface area contributed by atoms with E-state index in [2.05, 4.69) is 13.8 Å². The van der Waals surface area contributed by atoms with Gasteiger partial charge in [-0.1, -0.05) is 100 Å². The first-order valence-corrected chi connectivity index (χ1v) is 14.5. The minimum absolute atomic E-state index is 0.0134.